The number of hydrogen-bond acceptors (Lipinski definition) is 3. The molecule has 0 saturated heterocycles. The molecule has 3 rings (SSSR count). The van der Waals surface area contributed by atoms with Crippen LogP contribution >= 0.6 is 11.8 Å². The molecule has 0 unspecified atom stereocenters. The summed E-state index contributed by atoms with van der Waals surface area (Å²) >= 11 is 1.55. The molecule has 1 aliphatic heterocycles. The smallest absolute Gasteiger partial charge is 0.254 e. The first-order chi connectivity index (χ1) is 11.7. The predicted octanol–water partition coefficient (Wildman–Crippen LogP) is 4.11. The van der Waals surface area contributed by atoms with Crippen LogP contribution in [0.15, 0.2) is 65.2 Å². The molecular formula is C20H22N2OS. The summed E-state index contributed by atoms with van der Waals surface area (Å²) in [6.45, 7) is 0. The molecule has 124 valence electrons. The molecule has 4 heteroatoms. The number of hydrogen-bond donors (Lipinski definition) is 2. The van der Waals surface area contributed by atoms with Crippen molar-refractivity contribution in [3.05, 3.63) is 76.3 Å². The SMILES string of the molecule is NC1=C(C(=O)Nc2ccc(CCCc3ccccc3)cc2)CCS1. The van der Waals surface area contributed by atoms with Gasteiger partial charge >= 0.3 is 0 Å². The third kappa shape index (κ3) is 4.42. The van der Waals surface area contributed by atoms with E-state index in [2.05, 4.69) is 41.7 Å². The maximum absolute atomic E-state index is 12.2. The van der Waals surface area contributed by atoms with Gasteiger partial charge in [0.15, 0.2) is 0 Å². The van der Waals surface area contributed by atoms with Crippen LogP contribution in [0.2, 0.25) is 0 Å². The van der Waals surface area contributed by atoms with Crippen molar-refractivity contribution in [2.75, 3.05) is 11.1 Å². The van der Waals surface area contributed by atoms with Crippen molar-refractivity contribution in [1.82, 2.24) is 0 Å². The lowest BCUT2D eigenvalue weighted by molar-refractivity contribution is -0.112. The number of thioether (sulfide) groups is 1. The largest absolute Gasteiger partial charge is 0.393 e. The second-order valence-electron chi connectivity index (χ2n) is 5.93. The van der Waals surface area contributed by atoms with E-state index in [0.717, 1.165) is 37.1 Å². The molecule has 0 fully saturated rings. The van der Waals surface area contributed by atoms with Gasteiger partial charge in [-0.3, -0.25) is 4.79 Å². The molecule has 1 heterocycles. The zero-order valence-electron chi connectivity index (χ0n) is 13.6. The summed E-state index contributed by atoms with van der Waals surface area (Å²) in [5, 5.41) is 3.59. The minimum atomic E-state index is -0.0747. The van der Waals surface area contributed by atoms with E-state index in [-0.39, 0.29) is 5.91 Å². The molecule has 0 spiro atoms. The van der Waals surface area contributed by atoms with Gasteiger partial charge in [0.05, 0.1) is 5.03 Å². The summed E-state index contributed by atoms with van der Waals surface area (Å²) < 4.78 is 0. The Bertz CT molecular complexity index is 723. The Morgan fingerprint density at radius 3 is 2.29 bits per heavy atom. The maximum atomic E-state index is 12.2. The number of benzene rings is 2. The first kappa shape index (κ1) is 16.7. The number of nitrogens with one attached hydrogen (secondary N) is 1. The van der Waals surface area contributed by atoms with Crippen LogP contribution in [0.3, 0.4) is 0 Å². The van der Waals surface area contributed by atoms with Gasteiger partial charge in [0.25, 0.3) is 5.91 Å². The predicted molar refractivity (Wildman–Crippen MR) is 102 cm³/mol. The first-order valence-corrected chi connectivity index (χ1v) is 9.26. The van der Waals surface area contributed by atoms with E-state index < -0.39 is 0 Å². The van der Waals surface area contributed by atoms with Gasteiger partial charge in [0.1, 0.15) is 0 Å². The van der Waals surface area contributed by atoms with E-state index >= 15 is 0 Å². The molecule has 0 saturated carbocycles. The number of rotatable bonds is 6. The van der Waals surface area contributed by atoms with Gasteiger partial charge in [0, 0.05) is 17.0 Å². The highest BCUT2D eigenvalue weighted by molar-refractivity contribution is 8.03. The topological polar surface area (TPSA) is 55.1 Å². The molecule has 0 bridgehead atoms. The monoisotopic (exact) mass is 338 g/mol. The fourth-order valence-corrected chi connectivity index (χ4v) is 3.70. The molecule has 2 aromatic carbocycles. The average Bonchev–Trinajstić information content (AvgIpc) is 3.04. The van der Waals surface area contributed by atoms with Crippen molar-refractivity contribution >= 4 is 23.4 Å². The van der Waals surface area contributed by atoms with Crippen LogP contribution in [0.1, 0.15) is 24.0 Å². The van der Waals surface area contributed by atoms with Crippen LogP contribution < -0.4 is 11.1 Å². The number of amides is 1. The van der Waals surface area contributed by atoms with Gasteiger partial charge in [-0.05, 0) is 48.9 Å². The Morgan fingerprint density at radius 2 is 1.67 bits per heavy atom. The zero-order chi connectivity index (χ0) is 16.8. The number of carbonyl (C=O) groups is 1. The second kappa shape index (κ2) is 8.06. The number of anilines is 1. The number of carbonyl (C=O) groups excluding carboxylic acids is 1. The molecule has 2 aromatic rings. The van der Waals surface area contributed by atoms with Crippen LogP contribution in [0.5, 0.6) is 0 Å². The average molecular weight is 338 g/mol. The van der Waals surface area contributed by atoms with Crippen LogP contribution in [0.4, 0.5) is 5.69 Å². The number of aryl methyl sites for hydroxylation is 2. The van der Waals surface area contributed by atoms with Crippen molar-refractivity contribution in [3.8, 4) is 0 Å². The van der Waals surface area contributed by atoms with Crippen LogP contribution in [0, 0.1) is 0 Å². The van der Waals surface area contributed by atoms with Crippen LogP contribution in [-0.4, -0.2) is 11.7 Å². The lowest BCUT2D eigenvalue weighted by Crippen LogP contribution is -2.15. The molecule has 1 aliphatic rings. The van der Waals surface area contributed by atoms with Gasteiger partial charge in [-0.25, -0.2) is 0 Å². The standard InChI is InChI=1S/C20H22N2OS/c21-19-18(13-14-24-19)20(23)22-17-11-9-16(10-12-17)8-4-7-15-5-2-1-3-6-15/h1-3,5-6,9-12H,4,7-8,13-14,21H2,(H,22,23). The molecule has 3 nitrogen and oxygen atoms in total. The summed E-state index contributed by atoms with van der Waals surface area (Å²) in [6.07, 6.45) is 4.00. The van der Waals surface area contributed by atoms with Gasteiger partial charge in [-0.15, -0.1) is 11.8 Å². The quantitative estimate of drug-likeness (QED) is 0.833. The zero-order valence-corrected chi connectivity index (χ0v) is 14.4. The minimum absolute atomic E-state index is 0.0747. The van der Waals surface area contributed by atoms with E-state index in [1.54, 1.807) is 11.8 Å². The Hall–Kier alpha value is -2.20. The van der Waals surface area contributed by atoms with Crippen molar-refractivity contribution in [2.24, 2.45) is 5.73 Å². The van der Waals surface area contributed by atoms with E-state index in [1.165, 1.54) is 11.1 Å². The summed E-state index contributed by atoms with van der Waals surface area (Å²) in [4.78, 5) is 12.2. The molecule has 1 amide bonds. The lowest BCUT2D eigenvalue weighted by Gasteiger charge is -2.08. The van der Waals surface area contributed by atoms with Gasteiger partial charge < -0.3 is 11.1 Å². The molecular weight excluding hydrogens is 316 g/mol. The Balaban J connectivity index is 1.50. The molecule has 3 N–H and O–H groups in total. The van der Waals surface area contributed by atoms with Crippen LogP contribution in [-0.2, 0) is 17.6 Å². The Kier molecular flexibility index (Phi) is 5.59. The highest BCUT2D eigenvalue weighted by Gasteiger charge is 2.19. The Labute approximate surface area is 147 Å². The van der Waals surface area contributed by atoms with E-state index in [9.17, 15) is 4.79 Å². The van der Waals surface area contributed by atoms with Gasteiger partial charge in [-0.1, -0.05) is 42.5 Å². The summed E-state index contributed by atoms with van der Waals surface area (Å²) in [6, 6.07) is 18.6. The summed E-state index contributed by atoms with van der Waals surface area (Å²) in [5.74, 6) is 0.823. The molecule has 24 heavy (non-hydrogen) atoms. The molecule has 0 radical (unpaired) electrons. The highest BCUT2D eigenvalue weighted by atomic mass is 32.2. The molecule has 0 aliphatic carbocycles. The maximum Gasteiger partial charge on any atom is 0.254 e. The lowest BCUT2D eigenvalue weighted by atomic mass is 10.0. The first-order valence-electron chi connectivity index (χ1n) is 8.28. The summed E-state index contributed by atoms with van der Waals surface area (Å²) in [7, 11) is 0. The molecule has 0 aromatic heterocycles. The fraction of sp³-hybridized carbons (Fsp3) is 0.250. The van der Waals surface area contributed by atoms with Gasteiger partial charge in [0.2, 0.25) is 0 Å². The van der Waals surface area contributed by atoms with Crippen LogP contribution in [0.25, 0.3) is 0 Å². The van der Waals surface area contributed by atoms with Crippen molar-refractivity contribution in [1.29, 1.82) is 0 Å². The normalized spacial score (nSPS) is 14.0. The fourth-order valence-electron chi connectivity index (χ4n) is 2.80. The van der Waals surface area contributed by atoms with Gasteiger partial charge in [-0.2, -0.15) is 0 Å². The van der Waals surface area contributed by atoms with E-state index in [1.807, 2.05) is 18.2 Å². The molecule has 0 atom stereocenters. The van der Waals surface area contributed by atoms with Crippen molar-refractivity contribution in [3.63, 3.8) is 0 Å². The van der Waals surface area contributed by atoms with E-state index in [0.29, 0.717) is 10.6 Å². The minimum Gasteiger partial charge on any atom is -0.393 e. The van der Waals surface area contributed by atoms with E-state index in [4.69, 9.17) is 5.73 Å². The number of nitrogens with two attached hydrogens (primary N) is 1. The highest BCUT2D eigenvalue weighted by Crippen LogP contribution is 2.28. The second-order valence-corrected chi connectivity index (χ2v) is 7.07. The van der Waals surface area contributed by atoms with Crippen molar-refractivity contribution in [2.45, 2.75) is 25.7 Å². The Morgan fingerprint density at radius 1 is 1.00 bits per heavy atom. The third-order valence-electron chi connectivity index (χ3n) is 4.17. The van der Waals surface area contributed by atoms with Crippen molar-refractivity contribution < 1.29 is 4.79 Å². The summed E-state index contributed by atoms with van der Waals surface area (Å²) in [5.41, 5.74) is 10.0. The third-order valence-corrected chi connectivity index (χ3v) is 5.13.